The molecular formula is C13H11Cl2N5OS. The Morgan fingerprint density at radius 3 is 2.91 bits per heavy atom. The predicted octanol–water partition coefficient (Wildman–Crippen LogP) is 2.77. The van der Waals surface area contributed by atoms with Crippen LogP contribution in [0.1, 0.15) is 21.2 Å². The van der Waals surface area contributed by atoms with Gasteiger partial charge in [-0.1, -0.05) is 34.5 Å². The third-order valence-corrected chi connectivity index (χ3v) is 4.50. The van der Waals surface area contributed by atoms with Crippen LogP contribution in [0.3, 0.4) is 0 Å². The van der Waals surface area contributed by atoms with Crippen molar-refractivity contribution >= 4 is 45.4 Å². The summed E-state index contributed by atoms with van der Waals surface area (Å²) in [5.74, 6) is 0.510. The summed E-state index contributed by atoms with van der Waals surface area (Å²) in [7, 11) is 0. The summed E-state index contributed by atoms with van der Waals surface area (Å²) in [5, 5.41) is 16.8. The molecular weight excluding hydrogens is 345 g/mol. The standard InChI is InChI=1S/C13H11Cl2N5OS/c1-7-17-18-13-20(7)19-11(22-13)4-5-16-12(21)9-3-2-8(14)6-10(9)15/h2-3,6H,4-5H2,1H3,(H,16,21). The van der Waals surface area contributed by atoms with Gasteiger partial charge in [-0.3, -0.25) is 4.79 Å². The fourth-order valence-electron chi connectivity index (χ4n) is 1.91. The minimum atomic E-state index is -0.235. The Morgan fingerprint density at radius 2 is 2.18 bits per heavy atom. The van der Waals surface area contributed by atoms with Crippen LogP contribution in [-0.2, 0) is 6.42 Å². The molecule has 0 aliphatic carbocycles. The van der Waals surface area contributed by atoms with Gasteiger partial charge in [-0.2, -0.15) is 9.61 Å². The molecule has 0 spiro atoms. The molecule has 0 unspecified atom stereocenters. The molecule has 2 aromatic heterocycles. The Balaban J connectivity index is 1.61. The van der Waals surface area contributed by atoms with Crippen LogP contribution in [0.5, 0.6) is 0 Å². The molecule has 22 heavy (non-hydrogen) atoms. The van der Waals surface area contributed by atoms with E-state index in [1.165, 1.54) is 11.3 Å². The van der Waals surface area contributed by atoms with Gasteiger partial charge in [-0.05, 0) is 25.1 Å². The van der Waals surface area contributed by atoms with Gasteiger partial charge < -0.3 is 5.32 Å². The summed E-state index contributed by atoms with van der Waals surface area (Å²) < 4.78 is 1.69. The lowest BCUT2D eigenvalue weighted by Crippen LogP contribution is -2.26. The smallest absolute Gasteiger partial charge is 0.252 e. The van der Waals surface area contributed by atoms with E-state index in [0.29, 0.717) is 28.6 Å². The van der Waals surface area contributed by atoms with E-state index >= 15 is 0 Å². The second-order valence-corrected chi connectivity index (χ2v) is 6.45. The molecule has 0 atom stereocenters. The number of benzene rings is 1. The summed E-state index contributed by atoms with van der Waals surface area (Å²) >= 11 is 13.3. The number of aromatic nitrogens is 4. The van der Waals surface area contributed by atoms with Crippen molar-refractivity contribution in [1.29, 1.82) is 0 Å². The number of carbonyl (C=O) groups is 1. The van der Waals surface area contributed by atoms with Crippen molar-refractivity contribution in [2.75, 3.05) is 6.54 Å². The number of hydrogen-bond donors (Lipinski definition) is 1. The van der Waals surface area contributed by atoms with E-state index in [1.807, 2.05) is 6.92 Å². The number of carbonyl (C=O) groups excluding carboxylic acids is 1. The van der Waals surface area contributed by atoms with Crippen molar-refractivity contribution in [3.8, 4) is 0 Å². The van der Waals surface area contributed by atoms with Crippen LogP contribution in [0, 0.1) is 6.92 Å². The van der Waals surface area contributed by atoms with Crippen molar-refractivity contribution in [2.45, 2.75) is 13.3 Å². The van der Waals surface area contributed by atoms with E-state index in [0.717, 1.165) is 15.8 Å². The van der Waals surface area contributed by atoms with Crippen molar-refractivity contribution in [1.82, 2.24) is 25.1 Å². The van der Waals surface area contributed by atoms with Crippen LogP contribution in [-0.4, -0.2) is 32.3 Å². The minimum Gasteiger partial charge on any atom is -0.352 e. The summed E-state index contributed by atoms with van der Waals surface area (Å²) in [6, 6.07) is 4.78. The molecule has 1 aromatic carbocycles. The predicted molar refractivity (Wildman–Crippen MR) is 85.9 cm³/mol. The molecule has 1 amide bonds. The van der Waals surface area contributed by atoms with Crippen LogP contribution in [0.2, 0.25) is 10.0 Å². The van der Waals surface area contributed by atoms with E-state index in [-0.39, 0.29) is 5.91 Å². The molecule has 2 heterocycles. The Hall–Kier alpha value is -1.70. The number of hydrogen-bond acceptors (Lipinski definition) is 5. The Labute approximate surface area is 140 Å². The highest BCUT2D eigenvalue weighted by Crippen LogP contribution is 2.20. The number of halogens is 2. The summed E-state index contributed by atoms with van der Waals surface area (Å²) in [6.45, 7) is 2.30. The van der Waals surface area contributed by atoms with E-state index in [9.17, 15) is 4.79 Å². The minimum absolute atomic E-state index is 0.235. The molecule has 3 rings (SSSR count). The first kappa shape index (κ1) is 15.2. The first-order valence-corrected chi connectivity index (χ1v) is 8.03. The first-order chi connectivity index (χ1) is 10.5. The average Bonchev–Trinajstić information content (AvgIpc) is 3.01. The molecule has 114 valence electrons. The Bertz CT molecular complexity index is 844. The van der Waals surface area contributed by atoms with Crippen LogP contribution in [0.25, 0.3) is 4.96 Å². The average molecular weight is 356 g/mol. The zero-order valence-electron chi connectivity index (χ0n) is 11.5. The zero-order chi connectivity index (χ0) is 15.7. The van der Waals surface area contributed by atoms with Gasteiger partial charge in [0, 0.05) is 18.0 Å². The van der Waals surface area contributed by atoms with Crippen molar-refractivity contribution in [2.24, 2.45) is 0 Å². The highest BCUT2D eigenvalue weighted by Gasteiger charge is 2.12. The number of nitrogens with zero attached hydrogens (tertiary/aromatic N) is 4. The summed E-state index contributed by atoms with van der Waals surface area (Å²) in [4.78, 5) is 12.8. The fourth-order valence-corrected chi connectivity index (χ4v) is 3.28. The topological polar surface area (TPSA) is 72.2 Å². The van der Waals surface area contributed by atoms with Crippen LogP contribution < -0.4 is 5.32 Å². The van der Waals surface area contributed by atoms with Gasteiger partial charge in [0.15, 0.2) is 5.82 Å². The Kier molecular flexibility index (Phi) is 4.28. The quantitative estimate of drug-likeness (QED) is 0.780. The lowest BCUT2D eigenvalue weighted by molar-refractivity contribution is 0.0954. The molecule has 1 N–H and O–H groups in total. The van der Waals surface area contributed by atoms with Crippen molar-refractivity contribution in [3.05, 3.63) is 44.6 Å². The first-order valence-electron chi connectivity index (χ1n) is 6.45. The third-order valence-electron chi connectivity index (χ3n) is 2.99. The van der Waals surface area contributed by atoms with Gasteiger partial charge >= 0.3 is 0 Å². The molecule has 0 aliphatic heterocycles. The number of amides is 1. The third kappa shape index (κ3) is 3.06. The van der Waals surface area contributed by atoms with E-state index in [2.05, 4.69) is 20.6 Å². The second kappa shape index (κ2) is 6.20. The Morgan fingerprint density at radius 1 is 1.36 bits per heavy atom. The maximum Gasteiger partial charge on any atom is 0.252 e. The lowest BCUT2D eigenvalue weighted by atomic mass is 10.2. The zero-order valence-corrected chi connectivity index (χ0v) is 13.8. The van der Waals surface area contributed by atoms with Gasteiger partial charge in [-0.25, -0.2) is 0 Å². The van der Waals surface area contributed by atoms with Gasteiger partial charge in [0.05, 0.1) is 10.6 Å². The second-order valence-electron chi connectivity index (χ2n) is 4.57. The summed E-state index contributed by atoms with van der Waals surface area (Å²) in [5.41, 5.74) is 0.403. The lowest BCUT2D eigenvalue weighted by Gasteiger charge is -2.05. The monoisotopic (exact) mass is 355 g/mol. The molecule has 6 nitrogen and oxygen atoms in total. The van der Waals surface area contributed by atoms with E-state index in [4.69, 9.17) is 23.2 Å². The molecule has 0 saturated carbocycles. The molecule has 0 saturated heterocycles. The maximum absolute atomic E-state index is 12.1. The molecule has 3 aromatic rings. The van der Waals surface area contributed by atoms with E-state index < -0.39 is 0 Å². The van der Waals surface area contributed by atoms with Crippen LogP contribution in [0.15, 0.2) is 18.2 Å². The van der Waals surface area contributed by atoms with Gasteiger partial charge in [-0.15, -0.1) is 10.2 Å². The molecule has 9 heteroatoms. The normalized spacial score (nSPS) is 11.0. The number of rotatable bonds is 4. The van der Waals surface area contributed by atoms with Gasteiger partial charge in [0.1, 0.15) is 5.01 Å². The van der Waals surface area contributed by atoms with Crippen molar-refractivity contribution < 1.29 is 4.79 Å². The SMILES string of the molecule is Cc1nnc2sc(CCNC(=O)c3ccc(Cl)cc3Cl)nn12. The number of nitrogens with one attached hydrogen (secondary N) is 1. The molecule has 0 aliphatic rings. The number of fused-ring (bicyclic) bond motifs is 1. The molecule has 0 bridgehead atoms. The molecule has 0 fully saturated rings. The maximum atomic E-state index is 12.1. The highest BCUT2D eigenvalue weighted by atomic mass is 35.5. The van der Waals surface area contributed by atoms with E-state index in [1.54, 1.807) is 22.7 Å². The molecule has 0 radical (unpaired) electrons. The fraction of sp³-hybridized carbons (Fsp3) is 0.231. The highest BCUT2D eigenvalue weighted by molar-refractivity contribution is 7.16. The van der Waals surface area contributed by atoms with Crippen molar-refractivity contribution in [3.63, 3.8) is 0 Å². The van der Waals surface area contributed by atoms with Gasteiger partial charge in [0.2, 0.25) is 4.96 Å². The summed E-state index contributed by atoms with van der Waals surface area (Å²) in [6.07, 6.45) is 0.615. The largest absolute Gasteiger partial charge is 0.352 e. The van der Waals surface area contributed by atoms with Crippen LogP contribution >= 0.6 is 34.5 Å². The van der Waals surface area contributed by atoms with Gasteiger partial charge in [0.25, 0.3) is 5.91 Å². The van der Waals surface area contributed by atoms with Crippen LogP contribution in [0.4, 0.5) is 0 Å². The number of aryl methyl sites for hydroxylation is 1.